The van der Waals surface area contributed by atoms with Gasteiger partial charge in [0.25, 0.3) is 0 Å². The summed E-state index contributed by atoms with van der Waals surface area (Å²) in [6.07, 6.45) is 1.71. The van der Waals surface area contributed by atoms with Crippen molar-refractivity contribution in [3.63, 3.8) is 0 Å². The molecule has 0 fully saturated rings. The highest BCUT2D eigenvalue weighted by Gasteiger charge is 2.10. The van der Waals surface area contributed by atoms with Crippen LogP contribution in [-0.4, -0.2) is 45.7 Å². The number of methoxy groups -OCH3 is 1. The van der Waals surface area contributed by atoms with E-state index >= 15 is 0 Å². The first-order chi connectivity index (χ1) is 11.8. The van der Waals surface area contributed by atoms with Gasteiger partial charge in [-0.2, -0.15) is 0 Å². The summed E-state index contributed by atoms with van der Waals surface area (Å²) in [4.78, 5) is 2.00. The molecule has 1 aromatic carbocycles. The van der Waals surface area contributed by atoms with Crippen LogP contribution in [0.1, 0.15) is 5.82 Å². The van der Waals surface area contributed by atoms with Crippen molar-refractivity contribution in [3.8, 4) is 11.3 Å². The van der Waals surface area contributed by atoms with Crippen molar-refractivity contribution in [1.29, 1.82) is 0 Å². The lowest BCUT2D eigenvalue weighted by Gasteiger charge is -2.17. The first kappa shape index (κ1) is 16.1. The molecular formula is C17H20N6O. The third-order valence-electron chi connectivity index (χ3n) is 3.72. The van der Waals surface area contributed by atoms with Crippen LogP contribution in [0.15, 0.2) is 48.8 Å². The smallest absolute Gasteiger partial charge is 0.152 e. The van der Waals surface area contributed by atoms with E-state index in [0.717, 1.165) is 29.4 Å². The summed E-state index contributed by atoms with van der Waals surface area (Å²) in [6, 6.07) is 13.9. The molecule has 0 saturated heterocycles. The van der Waals surface area contributed by atoms with Gasteiger partial charge in [-0.25, -0.2) is 0 Å². The van der Waals surface area contributed by atoms with Gasteiger partial charge in [0, 0.05) is 26.3 Å². The molecule has 0 bridgehead atoms. The Kier molecular flexibility index (Phi) is 5.12. The molecule has 0 saturated carbocycles. The van der Waals surface area contributed by atoms with Crippen molar-refractivity contribution in [2.75, 3.05) is 25.7 Å². The topological polar surface area (TPSA) is 69.0 Å². The van der Waals surface area contributed by atoms with Gasteiger partial charge in [0.2, 0.25) is 0 Å². The van der Waals surface area contributed by atoms with E-state index in [1.54, 1.807) is 13.4 Å². The van der Waals surface area contributed by atoms with Crippen molar-refractivity contribution in [3.05, 3.63) is 54.6 Å². The second-order valence-corrected chi connectivity index (χ2v) is 5.43. The molecule has 3 aromatic rings. The third-order valence-corrected chi connectivity index (χ3v) is 3.72. The second-order valence-electron chi connectivity index (χ2n) is 5.43. The van der Waals surface area contributed by atoms with Gasteiger partial charge < -0.3 is 14.2 Å². The maximum Gasteiger partial charge on any atom is 0.152 e. The third kappa shape index (κ3) is 3.75. The monoisotopic (exact) mass is 324 g/mol. The zero-order chi connectivity index (χ0) is 16.8. The normalized spacial score (nSPS) is 10.8. The molecule has 0 radical (unpaired) electrons. The summed E-state index contributed by atoms with van der Waals surface area (Å²) >= 11 is 0. The summed E-state index contributed by atoms with van der Waals surface area (Å²) in [6.45, 7) is 1.95. The van der Waals surface area contributed by atoms with Gasteiger partial charge in [0.1, 0.15) is 6.33 Å². The van der Waals surface area contributed by atoms with Crippen LogP contribution in [0.4, 0.5) is 5.82 Å². The minimum Gasteiger partial charge on any atom is -0.383 e. The highest BCUT2D eigenvalue weighted by molar-refractivity contribution is 5.59. The van der Waals surface area contributed by atoms with Gasteiger partial charge in [0.15, 0.2) is 11.6 Å². The van der Waals surface area contributed by atoms with Gasteiger partial charge in [-0.15, -0.1) is 20.4 Å². The van der Waals surface area contributed by atoms with E-state index in [1.807, 2.05) is 59.0 Å². The van der Waals surface area contributed by atoms with Crippen molar-refractivity contribution < 1.29 is 4.74 Å². The Morgan fingerprint density at radius 3 is 2.58 bits per heavy atom. The Morgan fingerprint density at radius 1 is 1.04 bits per heavy atom. The molecule has 0 N–H and O–H groups in total. The first-order valence-electron chi connectivity index (χ1n) is 7.74. The number of rotatable bonds is 7. The van der Waals surface area contributed by atoms with Crippen LogP contribution in [0.5, 0.6) is 0 Å². The maximum absolute atomic E-state index is 5.10. The Labute approximate surface area is 140 Å². The fourth-order valence-electron chi connectivity index (χ4n) is 2.36. The van der Waals surface area contributed by atoms with E-state index in [1.165, 1.54) is 0 Å². The number of hydrogen-bond donors (Lipinski definition) is 0. The number of nitrogens with zero attached hydrogens (tertiary/aromatic N) is 6. The summed E-state index contributed by atoms with van der Waals surface area (Å²) in [7, 11) is 3.64. The molecule has 7 nitrogen and oxygen atoms in total. The number of hydrogen-bond acceptors (Lipinski definition) is 6. The molecular weight excluding hydrogens is 304 g/mol. The summed E-state index contributed by atoms with van der Waals surface area (Å²) in [5, 5.41) is 16.8. The fraction of sp³-hybridized carbons (Fsp3) is 0.294. The molecule has 0 aliphatic heterocycles. The molecule has 0 aliphatic carbocycles. The Hall–Kier alpha value is -2.80. The maximum atomic E-state index is 5.10. The molecule has 2 heterocycles. The second kappa shape index (κ2) is 7.65. The van der Waals surface area contributed by atoms with Gasteiger partial charge in [-0.3, -0.25) is 0 Å². The van der Waals surface area contributed by atoms with E-state index in [0.29, 0.717) is 13.2 Å². The average molecular weight is 324 g/mol. The van der Waals surface area contributed by atoms with E-state index in [9.17, 15) is 0 Å². The first-order valence-corrected chi connectivity index (χ1v) is 7.74. The van der Waals surface area contributed by atoms with Gasteiger partial charge >= 0.3 is 0 Å². The lowest BCUT2D eigenvalue weighted by molar-refractivity contribution is 0.186. The molecule has 124 valence electrons. The standard InChI is InChI=1S/C17H20N6O/c1-22(12-17-20-18-13-23(17)10-11-24-2)16-9-8-15(19-21-16)14-6-4-3-5-7-14/h3-9,13H,10-12H2,1-2H3. The number of anilines is 1. The van der Waals surface area contributed by atoms with E-state index in [2.05, 4.69) is 20.4 Å². The predicted molar refractivity (Wildman–Crippen MR) is 91.5 cm³/mol. The minimum atomic E-state index is 0.600. The Morgan fingerprint density at radius 2 is 1.88 bits per heavy atom. The van der Waals surface area contributed by atoms with Crippen molar-refractivity contribution in [2.24, 2.45) is 0 Å². The summed E-state index contributed by atoms with van der Waals surface area (Å²) < 4.78 is 7.08. The molecule has 0 amide bonds. The lowest BCUT2D eigenvalue weighted by atomic mass is 10.1. The zero-order valence-electron chi connectivity index (χ0n) is 13.8. The molecule has 0 atom stereocenters. The van der Waals surface area contributed by atoms with Crippen molar-refractivity contribution in [2.45, 2.75) is 13.1 Å². The lowest BCUT2D eigenvalue weighted by Crippen LogP contribution is -2.21. The predicted octanol–water partition coefficient (Wildman–Crippen LogP) is 2.02. The van der Waals surface area contributed by atoms with E-state index in [4.69, 9.17) is 4.74 Å². The minimum absolute atomic E-state index is 0.600. The van der Waals surface area contributed by atoms with Crippen LogP contribution in [0.2, 0.25) is 0 Å². The van der Waals surface area contributed by atoms with Crippen LogP contribution in [0, 0.1) is 0 Å². The molecule has 0 unspecified atom stereocenters. The van der Waals surface area contributed by atoms with Crippen molar-refractivity contribution >= 4 is 5.82 Å². The highest BCUT2D eigenvalue weighted by Crippen LogP contribution is 2.18. The Balaban J connectivity index is 1.69. The van der Waals surface area contributed by atoms with Crippen LogP contribution >= 0.6 is 0 Å². The van der Waals surface area contributed by atoms with Gasteiger partial charge in [0.05, 0.1) is 18.8 Å². The number of aromatic nitrogens is 5. The van der Waals surface area contributed by atoms with Crippen LogP contribution in [0.3, 0.4) is 0 Å². The van der Waals surface area contributed by atoms with Crippen LogP contribution in [-0.2, 0) is 17.8 Å². The molecule has 0 aliphatic rings. The number of benzene rings is 1. The molecule has 3 rings (SSSR count). The van der Waals surface area contributed by atoms with Crippen molar-refractivity contribution in [1.82, 2.24) is 25.0 Å². The summed E-state index contributed by atoms with van der Waals surface area (Å²) in [5.74, 6) is 1.65. The van der Waals surface area contributed by atoms with Gasteiger partial charge in [-0.05, 0) is 12.1 Å². The van der Waals surface area contributed by atoms with Crippen LogP contribution < -0.4 is 4.90 Å². The van der Waals surface area contributed by atoms with Crippen LogP contribution in [0.25, 0.3) is 11.3 Å². The largest absolute Gasteiger partial charge is 0.383 e. The molecule has 0 spiro atoms. The zero-order valence-corrected chi connectivity index (χ0v) is 13.8. The Bertz CT molecular complexity index is 756. The molecule has 2 aromatic heterocycles. The summed E-state index contributed by atoms with van der Waals surface area (Å²) in [5.41, 5.74) is 1.91. The number of ether oxygens (including phenoxy) is 1. The highest BCUT2D eigenvalue weighted by atomic mass is 16.5. The molecule has 24 heavy (non-hydrogen) atoms. The van der Waals surface area contributed by atoms with E-state index < -0.39 is 0 Å². The molecule has 7 heteroatoms. The van der Waals surface area contributed by atoms with E-state index in [-0.39, 0.29) is 0 Å². The SMILES string of the molecule is COCCn1cnnc1CN(C)c1ccc(-c2ccccc2)nn1. The quantitative estimate of drug-likeness (QED) is 0.662. The average Bonchev–Trinajstić information content (AvgIpc) is 3.07. The van der Waals surface area contributed by atoms with Gasteiger partial charge in [-0.1, -0.05) is 30.3 Å². The fourth-order valence-corrected chi connectivity index (χ4v) is 2.36.